The van der Waals surface area contributed by atoms with Crippen LogP contribution >= 0.6 is 11.6 Å². The third-order valence-electron chi connectivity index (χ3n) is 4.81. The highest BCUT2D eigenvalue weighted by Gasteiger charge is 2.25. The monoisotopic (exact) mass is 419 g/mol. The fraction of sp³-hybridized carbons (Fsp3) is 0.250. The number of fused-ring (bicyclic) bond motifs is 2. The summed E-state index contributed by atoms with van der Waals surface area (Å²) in [5.41, 5.74) is 1.93. The summed E-state index contributed by atoms with van der Waals surface area (Å²) in [5.74, 6) is -0.197. The normalized spacial score (nSPS) is 13.5. The van der Waals surface area contributed by atoms with Gasteiger partial charge in [-0.3, -0.25) is 4.79 Å². The molecule has 6 nitrogen and oxygen atoms in total. The summed E-state index contributed by atoms with van der Waals surface area (Å²) in [7, 11) is -3.87. The molecular weight excluding hydrogens is 402 g/mol. The first kappa shape index (κ1) is 18.8. The predicted octanol–water partition coefficient (Wildman–Crippen LogP) is 3.87. The molecule has 0 unspecified atom stereocenters. The van der Waals surface area contributed by atoms with Crippen LogP contribution in [0.5, 0.6) is 5.75 Å². The molecule has 0 bridgehead atoms. The van der Waals surface area contributed by atoms with E-state index in [1.165, 1.54) is 3.97 Å². The van der Waals surface area contributed by atoms with Gasteiger partial charge in [-0.05, 0) is 60.9 Å². The van der Waals surface area contributed by atoms with E-state index < -0.39 is 16.0 Å². The summed E-state index contributed by atoms with van der Waals surface area (Å²) in [6.45, 7) is 0.546. The van der Waals surface area contributed by atoms with Crippen LogP contribution in [0.2, 0.25) is 5.02 Å². The van der Waals surface area contributed by atoms with Gasteiger partial charge in [0, 0.05) is 28.9 Å². The van der Waals surface area contributed by atoms with Crippen LogP contribution in [-0.2, 0) is 27.7 Å². The van der Waals surface area contributed by atoms with Gasteiger partial charge in [-0.15, -0.1) is 0 Å². The zero-order valence-corrected chi connectivity index (χ0v) is 16.5. The number of halogens is 1. The molecule has 0 saturated carbocycles. The summed E-state index contributed by atoms with van der Waals surface area (Å²) < 4.78 is 33.7. The van der Waals surface area contributed by atoms with Gasteiger partial charge in [-0.2, -0.15) is 0 Å². The molecule has 8 heteroatoms. The lowest BCUT2D eigenvalue weighted by Gasteiger charge is -2.13. The highest BCUT2D eigenvalue weighted by atomic mass is 35.5. The first-order chi connectivity index (χ1) is 13.4. The second-order valence-corrected chi connectivity index (χ2v) is 8.95. The Morgan fingerprint density at radius 2 is 2.00 bits per heavy atom. The summed E-state index contributed by atoms with van der Waals surface area (Å²) in [6, 6.07) is 11.7. The molecule has 0 amide bonds. The molecule has 0 atom stereocenters. The molecule has 2 aromatic carbocycles. The molecule has 4 rings (SSSR count). The van der Waals surface area contributed by atoms with Crippen LogP contribution in [-0.4, -0.2) is 30.1 Å². The Morgan fingerprint density at radius 3 is 2.79 bits per heavy atom. The smallest absolute Gasteiger partial charge is 0.303 e. The maximum atomic E-state index is 13.5. The number of nitrogens with zero attached hydrogens (tertiary/aromatic N) is 1. The minimum absolute atomic E-state index is 0.0293. The SMILES string of the molecule is O=C(O)CCCc1cc2cc(Cl)ccc2n1S(=O)(=O)c1ccc2c(c1)CCO2. The molecule has 0 fully saturated rings. The lowest BCUT2D eigenvalue weighted by molar-refractivity contribution is -0.137. The second kappa shape index (κ2) is 7.14. The largest absolute Gasteiger partial charge is 0.493 e. The number of aromatic nitrogens is 1. The number of carboxylic acids is 1. The number of carboxylic acid groups (broad SMARTS) is 1. The average molecular weight is 420 g/mol. The number of hydrogen-bond donors (Lipinski definition) is 1. The molecule has 3 aromatic rings. The minimum atomic E-state index is -3.87. The highest BCUT2D eigenvalue weighted by Crippen LogP contribution is 2.32. The van der Waals surface area contributed by atoms with Gasteiger partial charge < -0.3 is 9.84 Å². The molecule has 1 aliphatic rings. The van der Waals surface area contributed by atoms with E-state index >= 15 is 0 Å². The summed E-state index contributed by atoms with van der Waals surface area (Å²) in [4.78, 5) is 11.0. The van der Waals surface area contributed by atoms with Crippen molar-refractivity contribution in [1.82, 2.24) is 3.97 Å². The summed E-state index contributed by atoms with van der Waals surface area (Å²) in [6.07, 6.45) is 1.31. The molecule has 0 spiro atoms. The molecule has 146 valence electrons. The van der Waals surface area contributed by atoms with Crippen molar-refractivity contribution in [3.05, 3.63) is 58.7 Å². The molecule has 0 saturated heterocycles. The van der Waals surface area contributed by atoms with Crippen molar-refractivity contribution >= 4 is 38.5 Å². The van der Waals surface area contributed by atoms with Crippen LogP contribution in [0.25, 0.3) is 10.9 Å². The Morgan fingerprint density at radius 1 is 1.18 bits per heavy atom. The van der Waals surface area contributed by atoms with Crippen molar-refractivity contribution in [2.45, 2.75) is 30.6 Å². The molecule has 28 heavy (non-hydrogen) atoms. The molecule has 2 heterocycles. The van der Waals surface area contributed by atoms with Crippen molar-refractivity contribution in [3.63, 3.8) is 0 Å². The fourth-order valence-corrected chi connectivity index (χ4v) is 5.33. The average Bonchev–Trinajstić information content (AvgIpc) is 3.24. The van der Waals surface area contributed by atoms with Crippen LogP contribution in [0.1, 0.15) is 24.1 Å². The third kappa shape index (κ3) is 3.36. The standard InChI is InChI=1S/C20H18ClNO5S/c21-15-4-6-18-14(10-15)11-16(2-1-3-20(23)24)22(18)28(25,26)17-5-7-19-13(12-17)8-9-27-19/h4-7,10-12H,1-3,8-9H2,(H,23,24). The maximum Gasteiger partial charge on any atom is 0.303 e. The highest BCUT2D eigenvalue weighted by molar-refractivity contribution is 7.90. The van der Waals surface area contributed by atoms with E-state index in [1.54, 1.807) is 42.5 Å². The molecule has 1 aliphatic heterocycles. The van der Waals surface area contributed by atoms with E-state index in [1.807, 2.05) is 0 Å². The van der Waals surface area contributed by atoms with E-state index in [2.05, 4.69) is 0 Å². The summed E-state index contributed by atoms with van der Waals surface area (Å²) >= 11 is 6.07. The topological polar surface area (TPSA) is 85.6 Å². The van der Waals surface area contributed by atoms with E-state index in [0.717, 1.165) is 5.56 Å². The van der Waals surface area contributed by atoms with Crippen molar-refractivity contribution in [1.29, 1.82) is 0 Å². The molecule has 0 radical (unpaired) electrons. The van der Waals surface area contributed by atoms with Crippen LogP contribution in [0.4, 0.5) is 0 Å². The van der Waals surface area contributed by atoms with Gasteiger partial charge >= 0.3 is 5.97 Å². The molecular formula is C20H18ClNO5S. The number of carbonyl (C=O) groups is 1. The second-order valence-electron chi connectivity index (χ2n) is 6.72. The Balaban J connectivity index is 1.84. The number of aliphatic carboxylic acids is 1. The van der Waals surface area contributed by atoms with Gasteiger partial charge in [0.25, 0.3) is 10.0 Å². The van der Waals surface area contributed by atoms with Crippen LogP contribution in [0, 0.1) is 0 Å². The Labute approximate surface area is 167 Å². The zero-order valence-electron chi connectivity index (χ0n) is 14.9. The molecule has 0 aliphatic carbocycles. The Kier molecular flexibility index (Phi) is 4.81. The fourth-order valence-electron chi connectivity index (χ4n) is 3.53. The number of rotatable bonds is 6. The van der Waals surface area contributed by atoms with E-state index in [4.69, 9.17) is 21.4 Å². The maximum absolute atomic E-state index is 13.5. The lowest BCUT2D eigenvalue weighted by Crippen LogP contribution is -2.16. The van der Waals surface area contributed by atoms with Crippen molar-refractivity contribution in [2.75, 3.05) is 6.61 Å². The van der Waals surface area contributed by atoms with Crippen molar-refractivity contribution in [2.24, 2.45) is 0 Å². The van der Waals surface area contributed by atoms with Gasteiger partial charge in [0.1, 0.15) is 5.75 Å². The van der Waals surface area contributed by atoms with Crippen LogP contribution in [0.15, 0.2) is 47.4 Å². The lowest BCUT2D eigenvalue weighted by atomic mass is 10.2. The zero-order chi connectivity index (χ0) is 19.9. The molecule has 1 N–H and O–H groups in total. The Hall–Kier alpha value is -2.51. The van der Waals surface area contributed by atoms with Crippen LogP contribution < -0.4 is 4.74 Å². The predicted molar refractivity (Wildman–Crippen MR) is 106 cm³/mol. The number of hydrogen-bond acceptors (Lipinski definition) is 4. The summed E-state index contributed by atoms with van der Waals surface area (Å²) in [5, 5.41) is 10.1. The quantitative estimate of drug-likeness (QED) is 0.655. The van der Waals surface area contributed by atoms with Gasteiger partial charge in [0.2, 0.25) is 0 Å². The number of benzene rings is 2. The van der Waals surface area contributed by atoms with Crippen molar-refractivity contribution in [3.8, 4) is 5.75 Å². The first-order valence-electron chi connectivity index (χ1n) is 8.89. The first-order valence-corrected chi connectivity index (χ1v) is 10.7. The Bertz CT molecular complexity index is 1180. The third-order valence-corrected chi connectivity index (χ3v) is 6.81. The van der Waals surface area contributed by atoms with Gasteiger partial charge in [-0.1, -0.05) is 11.6 Å². The van der Waals surface area contributed by atoms with Gasteiger partial charge in [0.15, 0.2) is 0 Å². The minimum Gasteiger partial charge on any atom is -0.493 e. The molecule has 1 aromatic heterocycles. The van der Waals surface area contributed by atoms with Gasteiger partial charge in [0.05, 0.1) is 17.0 Å². The van der Waals surface area contributed by atoms with E-state index in [9.17, 15) is 13.2 Å². The number of aryl methyl sites for hydroxylation is 1. The van der Waals surface area contributed by atoms with Crippen molar-refractivity contribution < 1.29 is 23.1 Å². The van der Waals surface area contributed by atoms with E-state index in [0.29, 0.717) is 53.2 Å². The number of ether oxygens (including phenoxy) is 1. The van der Waals surface area contributed by atoms with Crippen LogP contribution in [0.3, 0.4) is 0 Å². The van der Waals surface area contributed by atoms with Gasteiger partial charge in [-0.25, -0.2) is 12.4 Å². The van der Waals surface area contributed by atoms with E-state index in [-0.39, 0.29) is 11.3 Å².